The van der Waals surface area contributed by atoms with Gasteiger partial charge in [0.15, 0.2) is 11.5 Å². The van der Waals surface area contributed by atoms with Crippen LogP contribution in [-0.4, -0.2) is 79.8 Å². The standard InChI is InChI=1S/C30H44N4O7S/c1-20(2)14-30(37)34(32-29(36)17-31-6)25(15-23-10-8-7-9-11-23)26(35)19-33(18-21(3)4)42(38,39)24-12-13-27-28(16-24)41-22(5)40-27/h7-13,16,20-22,25-26,31,35H,14-15,17-19H2,1-6H3,(H,32,36)/t22?,25?,26-/m1/s1. The molecule has 2 unspecified atom stereocenters. The van der Waals surface area contributed by atoms with Crippen molar-refractivity contribution in [2.45, 2.75) is 70.8 Å². The number of carbonyl (C=O) groups is 2. The molecule has 1 aliphatic rings. The Balaban J connectivity index is 1.99. The van der Waals surface area contributed by atoms with Gasteiger partial charge in [-0.15, -0.1) is 0 Å². The molecule has 0 spiro atoms. The number of likely N-dealkylation sites (N-methyl/N-ethyl adjacent to an activating group) is 1. The minimum Gasteiger partial charge on any atom is -0.451 e. The summed E-state index contributed by atoms with van der Waals surface area (Å²) in [5, 5.41) is 15.7. The number of rotatable bonds is 14. The maximum atomic E-state index is 13.9. The third-order valence-electron chi connectivity index (χ3n) is 6.60. The summed E-state index contributed by atoms with van der Waals surface area (Å²) in [6, 6.07) is 12.7. The summed E-state index contributed by atoms with van der Waals surface area (Å²) in [7, 11) is -2.48. The van der Waals surface area contributed by atoms with E-state index in [4.69, 9.17) is 9.47 Å². The lowest BCUT2D eigenvalue weighted by molar-refractivity contribution is -0.148. The lowest BCUT2D eigenvalue weighted by Crippen LogP contribution is -2.60. The van der Waals surface area contributed by atoms with Crippen molar-refractivity contribution in [1.29, 1.82) is 0 Å². The number of hydrogen-bond donors (Lipinski definition) is 3. The second-order valence-electron chi connectivity index (χ2n) is 11.4. The van der Waals surface area contributed by atoms with E-state index in [1.165, 1.54) is 21.4 Å². The number of nitrogens with one attached hydrogen (secondary N) is 2. The van der Waals surface area contributed by atoms with Crippen molar-refractivity contribution in [3.8, 4) is 11.5 Å². The normalized spacial score (nSPS) is 16.1. The molecule has 0 radical (unpaired) electrons. The molecule has 0 saturated heterocycles. The van der Waals surface area contributed by atoms with Crippen molar-refractivity contribution in [2.24, 2.45) is 11.8 Å². The van der Waals surface area contributed by atoms with Gasteiger partial charge >= 0.3 is 0 Å². The average Bonchev–Trinajstić information content (AvgIpc) is 3.29. The van der Waals surface area contributed by atoms with Gasteiger partial charge in [0.25, 0.3) is 5.91 Å². The highest BCUT2D eigenvalue weighted by Gasteiger charge is 2.36. The van der Waals surface area contributed by atoms with Crippen molar-refractivity contribution in [3.63, 3.8) is 0 Å². The Labute approximate surface area is 249 Å². The molecule has 1 heterocycles. The van der Waals surface area contributed by atoms with E-state index < -0.39 is 34.4 Å². The van der Waals surface area contributed by atoms with E-state index in [-0.39, 0.29) is 55.1 Å². The van der Waals surface area contributed by atoms with Gasteiger partial charge in [-0.2, -0.15) is 4.31 Å². The zero-order chi connectivity index (χ0) is 31.0. The SMILES string of the molecule is CNCC(=O)NN(C(=O)CC(C)C)C(Cc1ccccc1)[C@H](O)CN(CC(C)C)S(=O)(=O)c1ccc2c(c1)OC(C)O2. The summed E-state index contributed by atoms with van der Waals surface area (Å²) in [4.78, 5) is 26.1. The molecule has 2 aromatic carbocycles. The second kappa shape index (κ2) is 14.8. The molecule has 42 heavy (non-hydrogen) atoms. The number of fused-ring (bicyclic) bond motifs is 1. The summed E-state index contributed by atoms with van der Waals surface area (Å²) in [6.45, 7) is 9.02. The topological polar surface area (TPSA) is 138 Å². The molecule has 3 rings (SSSR count). The third kappa shape index (κ3) is 8.90. The number of ether oxygens (including phenoxy) is 2. The minimum atomic E-state index is -4.10. The van der Waals surface area contributed by atoms with Crippen LogP contribution in [0, 0.1) is 11.8 Å². The van der Waals surface area contributed by atoms with Crippen LogP contribution < -0.4 is 20.2 Å². The van der Waals surface area contributed by atoms with E-state index in [0.717, 1.165) is 5.56 Å². The third-order valence-corrected chi connectivity index (χ3v) is 8.42. The van der Waals surface area contributed by atoms with Gasteiger partial charge in [-0.3, -0.25) is 15.0 Å². The molecule has 0 fully saturated rings. The molecule has 1 aliphatic heterocycles. The fourth-order valence-electron chi connectivity index (χ4n) is 4.74. The largest absolute Gasteiger partial charge is 0.451 e. The van der Waals surface area contributed by atoms with Gasteiger partial charge in [0.1, 0.15) is 0 Å². The van der Waals surface area contributed by atoms with Crippen molar-refractivity contribution in [1.82, 2.24) is 20.1 Å². The molecular weight excluding hydrogens is 560 g/mol. The first kappa shape index (κ1) is 33.3. The maximum absolute atomic E-state index is 13.9. The summed E-state index contributed by atoms with van der Waals surface area (Å²) in [6.07, 6.45) is -1.57. The smallest absolute Gasteiger partial charge is 0.252 e. The Morgan fingerprint density at radius 1 is 0.976 bits per heavy atom. The zero-order valence-corrected chi connectivity index (χ0v) is 26.1. The van der Waals surface area contributed by atoms with Gasteiger partial charge in [-0.1, -0.05) is 58.0 Å². The highest BCUT2D eigenvalue weighted by Crippen LogP contribution is 2.37. The quantitative estimate of drug-likeness (QED) is 0.280. The Hall–Kier alpha value is -3.19. The summed E-state index contributed by atoms with van der Waals surface area (Å²) in [5.41, 5.74) is 3.48. The molecule has 232 valence electrons. The summed E-state index contributed by atoms with van der Waals surface area (Å²) in [5.74, 6) is -0.131. The zero-order valence-electron chi connectivity index (χ0n) is 25.2. The first-order valence-corrected chi connectivity index (χ1v) is 15.7. The summed E-state index contributed by atoms with van der Waals surface area (Å²) < 4.78 is 40.2. The van der Waals surface area contributed by atoms with Crippen LogP contribution in [0.1, 0.15) is 46.6 Å². The molecule has 2 aromatic rings. The maximum Gasteiger partial charge on any atom is 0.252 e. The predicted octanol–water partition coefficient (Wildman–Crippen LogP) is 2.55. The molecule has 0 aromatic heterocycles. The van der Waals surface area contributed by atoms with Gasteiger partial charge < -0.3 is 19.9 Å². The number of aliphatic hydroxyl groups excluding tert-OH is 1. The number of carbonyl (C=O) groups excluding carboxylic acids is 2. The molecule has 0 saturated carbocycles. The van der Waals surface area contributed by atoms with E-state index in [1.807, 2.05) is 58.0 Å². The molecule has 0 aliphatic carbocycles. The van der Waals surface area contributed by atoms with E-state index in [1.54, 1.807) is 20.0 Å². The Bertz CT molecular complexity index is 1300. The molecule has 2 amide bonds. The molecule has 3 atom stereocenters. The van der Waals surface area contributed by atoms with E-state index in [0.29, 0.717) is 11.5 Å². The van der Waals surface area contributed by atoms with Crippen molar-refractivity contribution >= 4 is 21.8 Å². The number of nitrogens with zero attached hydrogens (tertiary/aromatic N) is 2. The number of benzene rings is 2. The fraction of sp³-hybridized carbons (Fsp3) is 0.533. The lowest BCUT2D eigenvalue weighted by Gasteiger charge is -2.37. The van der Waals surface area contributed by atoms with Crippen LogP contribution in [-0.2, 0) is 26.0 Å². The van der Waals surface area contributed by atoms with Gasteiger partial charge in [-0.25, -0.2) is 13.4 Å². The molecule has 3 N–H and O–H groups in total. The molecule has 12 heteroatoms. The first-order chi connectivity index (χ1) is 19.8. The van der Waals surface area contributed by atoms with Crippen LogP contribution in [0.25, 0.3) is 0 Å². The Kier molecular flexibility index (Phi) is 11.7. The fourth-order valence-corrected chi connectivity index (χ4v) is 6.38. The van der Waals surface area contributed by atoms with Gasteiger partial charge in [0.05, 0.1) is 23.6 Å². The highest BCUT2D eigenvalue weighted by atomic mass is 32.2. The number of aliphatic hydroxyl groups is 1. The van der Waals surface area contributed by atoms with Crippen LogP contribution in [0.4, 0.5) is 0 Å². The van der Waals surface area contributed by atoms with E-state index in [9.17, 15) is 23.1 Å². The summed E-state index contributed by atoms with van der Waals surface area (Å²) >= 11 is 0. The van der Waals surface area contributed by atoms with Gasteiger partial charge in [0, 0.05) is 32.5 Å². The minimum absolute atomic E-state index is 0.00136. The highest BCUT2D eigenvalue weighted by molar-refractivity contribution is 7.89. The second-order valence-corrected chi connectivity index (χ2v) is 13.3. The van der Waals surface area contributed by atoms with Crippen molar-refractivity contribution in [3.05, 3.63) is 54.1 Å². The Morgan fingerprint density at radius 3 is 2.26 bits per heavy atom. The van der Waals surface area contributed by atoms with Crippen LogP contribution in [0.3, 0.4) is 0 Å². The number of sulfonamides is 1. The van der Waals surface area contributed by atoms with Crippen LogP contribution in [0.2, 0.25) is 0 Å². The van der Waals surface area contributed by atoms with E-state index >= 15 is 0 Å². The van der Waals surface area contributed by atoms with Crippen molar-refractivity contribution < 1.29 is 32.6 Å². The van der Waals surface area contributed by atoms with Gasteiger partial charge in [-0.05, 0) is 43.0 Å². The number of hydrogen-bond acceptors (Lipinski definition) is 8. The average molecular weight is 605 g/mol. The van der Waals surface area contributed by atoms with Gasteiger partial charge in [0.2, 0.25) is 22.2 Å². The molecular formula is C30H44N4O7S. The first-order valence-electron chi connectivity index (χ1n) is 14.3. The predicted molar refractivity (Wildman–Crippen MR) is 159 cm³/mol. The Morgan fingerprint density at radius 2 is 1.64 bits per heavy atom. The number of hydrazine groups is 1. The van der Waals surface area contributed by atoms with Crippen LogP contribution in [0.5, 0.6) is 11.5 Å². The monoisotopic (exact) mass is 604 g/mol. The van der Waals surface area contributed by atoms with Crippen LogP contribution >= 0.6 is 0 Å². The van der Waals surface area contributed by atoms with Crippen LogP contribution in [0.15, 0.2) is 53.4 Å². The van der Waals surface area contributed by atoms with Crippen molar-refractivity contribution in [2.75, 3.05) is 26.7 Å². The van der Waals surface area contributed by atoms with E-state index in [2.05, 4.69) is 10.7 Å². The lowest BCUT2D eigenvalue weighted by atomic mass is 9.99. The molecule has 11 nitrogen and oxygen atoms in total. The molecule has 0 bridgehead atoms. The number of amides is 2.